The van der Waals surface area contributed by atoms with Gasteiger partial charge in [0.2, 0.25) is 12.3 Å². The van der Waals surface area contributed by atoms with E-state index in [0.29, 0.717) is 5.90 Å². The van der Waals surface area contributed by atoms with Crippen LogP contribution in [0.4, 0.5) is 11.4 Å². The van der Waals surface area contributed by atoms with E-state index in [1.54, 1.807) is 7.11 Å². The zero-order chi connectivity index (χ0) is 17.9. The lowest BCUT2D eigenvalue weighted by Crippen LogP contribution is -2.45. The fraction of sp³-hybridized carbons (Fsp3) is 0.238. The number of anilines is 1. The van der Waals surface area contributed by atoms with Crippen molar-refractivity contribution in [1.29, 1.82) is 0 Å². The van der Waals surface area contributed by atoms with Gasteiger partial charge in [-0.2, -0.15) is 0 Å². The minimum Gasteiger partial charge on any atom is -0.481 e. The smallest absolute Gasteiger partial charge is 0.221 e. The Hall–Kier alpha value is -3.08. The Kier molecular flexibility index (Phi) is 4.44. The average Bonchev–Trinajstić information content (AvgIpc) is 3.06. The summed E-state index contributed by atoms with van der Waals surface area (Å²) in [7, 11) is 1.65. The second kappa shape index (κ2) is 7.04. The Bertz CT molecular complexity index is 863. The zero-order valence-electron chi connectivity index (χ0n) is 14.8. The first-order valence-corrected chi connectivity index (χ1v) is 8.77. The first-order valence-electron chi connectivity index (χ1n) is 8.77. The highest BCUT2D eigenvalue weighted by atomic mass is 16.5. The normalized spacial score (nSPS) is 17.9. The Morgan fingerprint density at radius 3 is 2.42 bits per heavy atom. The number of ether oxygens (including phenoxy) is 1. The summed E-state index contributed by atoms with van der Waals surface area (Å²) in [5, 5.41) is 0. The number of benzene rings is 2. The van der Waals surface area contributed by atoms with Crippen LogP contribution in [-0.4, -0.2) is 50.5 Å². The lowest BCUT2D eigenvalue weighted by molar-refractivity contribution is -0.118. The number of amides is 1. The van der Waals surface area contributed by atoms with Crippen LogP contribution in [-0.2, 0) is 9.53 Å². The number of carbonyl (C=O) groups is 1. The highest BCUT2D eigenvalue weighted by Gasteiger charge is 2.21. The molecule has 2 aromatic rings. The molecule has 5 heteroatoms. The Morgan fingerprint density at radius 2 is 1.73 bits per heavy atom. The number of para-hydroxylation sites is 1. The van der Waals surface area contributed by atoms with Crippen molar-refractivity contribution in [2.24, 2.45) is 4.99 Å². The van der Waals surface area contributed by atoms with Crippen molar-refractivity contribution in [3.05, 3.63) is 59.7 Å². The van der Waals surface area contributed by atoms with Gasteiger partial charge in [-0.3, -0.25) is 4.79 Å². The summed E-state index contributed by atoms with van der Waals surface area (Å²) in [6.07, 6.45) is 3.04. The van der Waals surface area contributed by atoms with Gasteiger partial charge in [-0.05, 0) is 29.8 Å². The van der Waals surface area contributed by atoms with E-state index in [1.807, 2.05) is 23.1 Å². The van der Waals surface area contributed by atoms with Gasteiger partial charge in [-0.25, -0.2) is 4.99 Å². The molecule has 1 fully saturated rings. The van der Waals surface area contributed by atoms with E-state index in [2.05, 4.69) is 46.3 Å². The van der Waals surface area contributed by atoms with Crippen molar-refractivity contribution in [1.82, 2.24) is 4.90 Å². The molecule has 0 radical (unpaired) electrons. The minimum absolute atomic E-state index is 0.653. The number of rotatable bonds is 3. The van der Waals surface area contributed by atoms with Crippen LogP contribution in [0.3, 0.4) is 0 Å². The quantitative estimate of drug-likeness (QED) is 0.801. The van der Waals surface area contributed by atoms with Crippen LogP contribution in [0.15, 0.2) is 53.5 Å². The largest absolute Gasteiger partial charge is 0.481 e. The number of hydrogen-bond acceptors (Lipinski definition) is 4. The molecular weight excluding hydrogens is 326 g/mol. The van der Waals surface area contributed by atoms with E-state index in [0.717, 1.165) is 55.0 Å². The van der Waals surface area contributed by atoms with Crippen molar-refractivity contribution in [3.8, 4) is 0 Å². The summed E-state index contributed by atoms with van der Waals surface area (Å²) < 4.78 is 5.46. The number of piperazine rings is 1. The fourth-order valence-corrected chi connectivity index (χ4v) is 3.41. The summed E-state index contributed by atoms with van der Waals surface area (Å²) in [6, 6.07) is 16.6. The first-order chi connectivity index (χ1) is 12.8. The van der Waals surface area contributed by atoms with E-state index in [1.165, 1.54) is 5.69 Å². The maximum Gasteiger partial charge on any atom is 0.221 e. The van der Waals surface area contributed by atoms with Gasteiger partial charge >= 0.3 is 0 Å². The van der Waals surface area contributed by atoms with E-state index in [9.17, 15) is 4.79 Å². The molecule has 2 aromatic carbocycles. The average molecular weight is 347 g/mol. The van der Waals surface area contributed by atoms with Crippen LogP contribution >= 0.6 is 0 Å². The second-order valence-electron chi connectivity index (χ2n) is 6.42. The molecule has 0 N–H and O–H groups in total. The van der Waals surface area contributed by atoms with Crippen LogP contribution in [0.1, 0.15) is 11.1 Å². The molecular formula is C21H21N3O2. The standard InChI is InChI=1S/C21H21N3O2/c1-26-21-19(18-4-2-3-5-20(18)22-21)14-16-6-8-17(9-7-16)24-12-10-23(15-25)11-13-24/h2-9,14-15H,10-13H2,1H3/b19-14-. The van der Waals surface area contributed by atoms with Crippen molar-refractivity contribution in [2.45, 2.75) is 0 Å². The topological polar surface area (TPSA) is 45.1 Å². The van der Waals surface area contributed by atoms with Crippen molar-refractivity contribution in [2.75, 3.05) is 38.2 Å². The first kappa shape index (κ1) is 16.4. The summed E-state index contributed by atoms with van der Waals surface area (Å²) >= 11 is 0. The lowest BCUT2D eigenvalue weighted by atomic mass is 10.0. The predicted octanol–water partition coefficient (Wildman–Crippen LogP) is 3.20. The number of methoxy groups -OCH3 is 1. The third-order valence-corrected chi connectivity index (χ3v) is 4.87. The number of hydrogen-bond donors (Lipinski definition) is 0. The highest BCUT2D eigenvalue weighted by molar-refractivity contribution is 6.29. The molecule has 0 saturated carbocycles. The molecule has 132 valence electrons. The van der Waals surface area contributed by atoms with Crippen LogP contribution in [0.25, 0.3) is 11.6 Å². The fourth-order valence-electron chi connectivity index (χ4n) is 3.41. The summed E-state index contributed by atoms with van der Waals surface area (Å²) in [4.78, 5) is 19.5. The van der Waals surface area contributed by atoms with Crippen LogP contribution in [0.2, 0.25) is 0 Å². The van der Waals surface area contributed by atoms with E-state index >= 15 is 0 Å². The number of carbonyl (C=O) groups excluding carboxylic acids is 1. The number of aliphatic imine (C=N–C) groups is 1. The van der Waals surface area contributed by atoms with Gasteiger partial charge in [0.1, 0.15) is 0 Å². The molecule has 4 rings (SSSR count). The molecule has 2 aliphatic heterocycles. The predicted molar refractivity (Wildman–Crippen MR) is 105 cm³/mol. The Labute approximate surface area is 153 Å². The molecule has 2 heterocycles. The summed E-state index contributed by atoms with van der Waals surface area (Å²) in [5.41, 5.74) is 5.34. The molecule has 2 aliphatic rings. The van der Waals surface area contributed by atoms with Crippen molar-refractivity contribution < 1.29 is 9.53 Å². The van der Waals surface area contributed by atoms with Gasteiger partial charge in [-0.1, -0.05) is 30.3 Å². The van der Waals surface area contributed by atoms with Crippen molar-refractivity contribution in [3.63, 3.8) is 0 Å². The molecule has 1 saturated heterocycles. The lowest BCUT2D eigenvalue weighted by Gasteiger charge is -2.34. The van der Waals surface area contributed by atoms with Crippen LogP contribution < -0.4 is 4.90 Å². The SMILES string of the molecule is COC1=Nc2ccccc2/C1=C/c1ccc(N2CCN(C=O)CC2)cc1. The van der Waals surface area contributed by atoms with E-state index in [-0.39, 0.29) is 0 Å². The minimum atomic E-state index is 0.653. The van der Waals surface area contributed by atoms with E-state index < -0.39 is 0 Å². The van der Waals surface area contributed by atoms with Crippen LogP contribution in [0, 0.1) is 0 Å². The molecule has 26 heavy (non-hydrogen) atoms. The van der Waals surface area contributed by atoms with Crippen molar-refractivity contribution >= 4 is 35.3 Å². The molecule has 1 amide bonds. The molecule has 5 nitrogen and oxygen atoms in total. The third-order valence-electron chi connectivity index (χ3n) is 4.87. The van der Waals surface area contributed by atoms with Gasteiger partial charge in [0.15, 0.2) is 0 Å². The molecule has 0 spiro atoms. The van der Waals surface area contributed by atoms with E-state index in [4.69, 9.17) is 4.74 Å². The van der Waals surface area contributed by atoms with Gasteiger partial charge in [0, 0.05) is 43.0 Å². The molecule has 0 aliphatic carbocycles. The Morgan fingerprint density at radius 1 is 1.00 bits per heavy atom. The maximum atomic E-state index is 10.8. The van der Waals surface area contributed by atoms with Crippen LogP contribution in [0.5, 0.6) is 0 Å². The monoisotopic (exact) mass is 347 g/mol. The molecule has 0 aromatic heterocycles. The van der Waals surface area contributed by atoms with Gasteiger partial charge in [-0.15, -0.1) is 0 Å². The molecule has 0 unspecified atom stereocenters. The Balaban J connectivity index is 1.55. The number of fused-ring (bicyclic) bond motifs is 1. The zero-order valence-corrected chi connectivity index (χ0v) is 14.8. The number of nitrogens with zero attached hydrogens (tertiary/aromatic N) is 3. The molecule has 0 bridgehead atoms. The summed E-state index contributed by atoms with van der Waals surface area (Å²) in [6.45, 7) is 3.29. The maximum absolute atomic E-state index is 10.8. The second-order valence-corrected chi connectivity index (χ2v) is 6.42. The highest BCUT2D eigenvalue weighted by Crippen LogP contribution is 2.36. The molecule has 0 atom stereocenters. The van der Waals surface area contributed by atoms with Gasteiger partial charge in [0.05, 0.1) is 12.8 Å². The summed E-state index contributed by atoms with van der Waals surface area (Å²) in [5.74, 6) is 0.653. The third kappa shape index (κ3) is 3.08. The van der Waals surface area contributed by atoms with Gasteiger partial charge < -0.3 is 14.5 Å². The van der Waals surface area contributed by atoms with Gasteiger partial charge in [0.25, 0.3) is 0 Å².